The van der Waals surface area contributed by atoms with E-state index in [1.807, 2.05) is 4.90 Å². The standard InChI is InChI=1S/C20H26F2N2O3/c1-13(2)17-20(8-4-5-9-20)12-24(17)19(25)23-11-14-6-7-15(26-3)16(10-14)27-18(21)22/h4-7,10,13,17-18H,8-9,11-12H2,1-3H3,(H,23,25). The van der Waals surface area contributed by atoms with Gasteiger partial charge in [0, 0.05) is 24.5 Å². The molecule has 1 atom stereocenters. The van der Waals surface area contributed by atoms with E-state index < -0.39 is 6.61 Å². The van der Waals surface area contributed by atoms with Crippen LogP contribution in [0.15, 0.2) is 30.4 Å². The third-order valence-electron chi connectivity index (χ3n) is 5.44. The van der Waals surface area contributed by atoms with Crippen molar-refractivity contribution in [3.8, 4) is 11.5 Å². The lowest BCUT2D eigenvalue weighted by Crippen LogP contribution is -2.68. The summed E-state index contributed by atoms with van der Waals surface area (Å²) in [7, 11) is 1.39. The average Bonchev–Trinajstić information content (AvgIpc) is 3.08. The van der Waals surface area contributed by atoms with E-state index in [0.717, 1.165) is 19.4 Å². The fourth-order valence-corrected chi connectivity index (χ4v) is 4.40. The minimum atomic E-state index is -2.94. The Hall–Kier alpha value is -2.31. The van der Waals surface area contributed by atoms with Gasteiger partial charge in [-0.3, -0.25) is 0 Å². The highest BCUT2D eigenvalue weighted by molar-refractivity contribution is 5.76. The number of halogens is 2. The fourth-order valence-electron chi connectivity index (χ4n) is 4.40. The number of carbonyl (C=O) groups excluding carboxylic acids is 1. The molecular formula is C20H26F2N2O3. The second-order valence-electron chi connectivity index (χ2n) is 7.58. The molecule has 1 unspecified atom stereocenters. The van der Waals surface area contributed by atoms with Crippen molar-refractivity contribution in [3.05, 3.63) is 35.9 Å². The summed E-state index contributed by atoms with van der Waals surface area (Å²) in [6.45, 7) is 2.32. The molecule has 2 amide bonds. The Morgan fingerprint density at radius 1 is 1.30 bits per heavy atom. The van der Waals surface area contributed by atoms with E-state index in [1.165, 1.54) is 13.2 Å². The third-order valence-corrected chi connectivity index (χ3v) is 5.44. The fraction of sp³-hybridized carbons (Fsp3) is 0.550. The number of hydrogen-bond donors (Lipinski definition) is 1. The maximum absolute atomic E-state index is 12.7. The zero-order valence-electron chi connectivity index (χ0n) is 15.9. The van der Waals surface area contributed by atoms with Crippen LogP contribution < -0.4 is 14.8 Å². The van der Waals surface area contributed by atoms with E-state index >= 15 is 0 Å². The van der Waals surface area contributed by atoms with Crippen molar-refractivity contribution in [1.82, 2.24) is 10.2 Å². The molecule has 1 spiro atoms. The number of hydrogen-bond acceptors (Lipinski definition) is 3. The van der Waals surface area contributed by atoms with Crippen molar-refractivity contribution >= 4 is 6.03 Å². The topological polar surface area (TPSA) is 50.8 Å². The first kappa shape index (κ1) is 19.5. The van der Waals surface area contributed by atoms with Gasteiger partial charge in [-0.1, -0.05) is 32.1 Å². The zero-order valence-corrected chi connectivity index (χ0v) is 15.9. The van der Waals surface area contributed by atoms with E-state index in [1.54, 1.807) is 12.1 Å². The van der Waals surface area contributed by atoms with Gasteiger partial charge in [-0.05, 0) is 36.5 Å². The van der Waals surface area contributed by atoms with E-state index in [-0.39, 0.29) is 35.5 Å². The van der Waals surface area contributed by atoms with Gasteiger partial charge >= 0.3 is 12.6 Å². The van der Waals surface area contributed by atoms with Crippen molar-refractivity contribution in [3.63, 3.8) is 0 Å². The highest BCUT2D eigenvalue weighted by Crippen LogP contribution is 2.50. The van der Waals surface area contributed by atoms with Gasteiger partial charge in [-0.15, -0.1) is 0 Å². The normalized spacial score (nSPS) is 20.3. The van der Waals surface area contributed by atoms with Crippen molar-refractivity contribution in [2.45, 2.75) is 45.9 Å². The van der Waals surface area contributed by atoms with Gasteiger partial charge in [0.2, 0.25) is 0 Å². The van der Waals surface area contributed by atoms with Crippen LogP contribution in [0.5, 0.6) is 11.5 Å². The second-order valence-corrected chi connectivity index (χ2v) is 7.58. The Labute approximate surface area is 158 Å². The number of rotatable bonds is 6. The minimum absolute atomic E-state index is 0.0424. The van der Waals surface area contributed by atoms with Crippen LogP contribution in [0.25, 0.3) is 0 Å². The SMILES string of the molecule is COc1ccc(CNC(=O)N2CC3(CC=CC3)C2C(C)C)cc1OC(F)F. The van der Waals surface area contributed by atoms with Crippen LogP contribution >= 0.6 is 0 Å². The summed E-state index contributed by atoms with van der Waals surface area (Å²) >= 11 is 0. The summed E-state index contributed by atoms with van der Waals surface area (Å²) in [4.78, 5) is 14.5. The number of nitrogens with zero attached hydrogens (tertiary/aromatic N) is 1. The van der Waals surface area contributed by atoms with Gasteiger partial charge in [-0.2, -0.15) is 8.78 Å². The van der Waals surface area contributed by atoms with Crippen LogP contribution in [-0.2, 0) is 6.54 Å². The number of alkyl halides is 2. The van der Waals surface area contributed by atoms with Gasteiger partial charge in [0.05, 0.1) is 7.11 Å². The quantitative estimate of drug-likeness (QED) is 0.753. The zero-order chi connectivity index (χ0) is 19.6. The molecule has 0 bridgehead atoms. The van der Waals surface area contributed by atoms with Crippen LogP contribution in [0, 0.1) is 11.3 Å². The molecule has 1 aromatic carbocycles. The van der Waals surface area contributed by atoms with Crippen LogP contribution in [-0.4, -0.2) is 37.2 Å². The highest BCUT2D eigenvalue weighted by atomic mass is 19.3. The molecule has 1 N–H and O–H groups in total. The van der Waals surface area contributed by atoms with Gasteiger partial charge in [-0.25, -0.2) is 4.79 Å². The predicted octanol–water partition coefficient (Wildman–Crippen LogP) is 4.18. The van der Waals surface area contributed by atoms with Gasteiger partial charge < -0.3 is 19.7 Å². The number of allylic oxidation sites excluding steroid dienone is 2. The maximum Gasteiger partial charge on any atom is 0.387 e. The van der Waals surface area contributed by atoms with Crippen molar-refractivity contribution in [2.24, 2.45) is 11.3 Å². The first-order valence-electron chi connectivity index (χ1n) is 9.17. The molecule has 7 heteroatoms. The van der Waals surface area contributed by atoms with Crippen molar-refractivity contribution < 1.29 is 23.0 Å². The minimum Gasteiger partial charge on any atom is -0.493 e. The lowest BCUT2D eigenvalue weighted by molar-refractivity contribution is -0.0577. The first-order chi connectivity index (χ1) is 12.9. The van der Waals surface area contributed by atoms with Crippen LogP contribution in [0.1, 0.15) is 32.3 Å². The lowest BCUT2D eigenvalue weighted by Gasteiger charge is -2.58. The van der Waals surface area contributed by atoms with E-state index in [0.29, 0.717) is 11.5 Å². The number of nitrogens with one attached hydrogen (secondary N) is 1. The molecule has 27 heavy (non-hydrogen) atoms. The first-order valence-corrected chi connectivity index (χ1v) is 9.17. The average molecular weight is 380 g/mol. The summed E-state index contributed by atoms with van der Waals surface area (Å²) in [5.41, 5.74) is 0.850. The monoisotopic (exact) mass is 380 g/mol. The summed E-state index contributed by atoms with van der Waals surface area (Å²) in [5.74, 6) is 0.555. The Balaban J connectivity index is 1.62. The molecule has 3 rings (SSSR count). The molecule has 0 aromatic heterocycles. The molecule has 1 aromatic rings. The Morgan fingerprint density at radius 2 is 2.00 bits per heavy atom. The number of likely N-dealkylation sites (tertiary alicyclic amines) is 1. The molecule has 1 fully saturated rings. The molecule has 148 valence electrons. The van der Waals surface area contributed by atoms with E-state index in [9.17, 15) is 13.6 Å². The summed E-state index contributed by atoms with van der Waals surface area (Å²) in [5, 5.41) is 2.89. The predicted molar refractivity (Wildman–Crippen MR) is 98.0 cm³/mol. The number of benzene rings is 1. The third kappa shape index (κ3) is 3.87. The van der Waals surface area contributed by atoms with E-state index in [2.05, 4.69) is 36.1 Å². The molecular weight excluding hydrogens is 354 g/mol. The molecule has 1 aliphatic carbocycles. The Bertz CT molecular complexity index is 713. The molecule has 1 aliphatic heterocycles. The molecule has 5 nitrogen and oxygen atoms in total. The molecule has 0 saturated carbocycles. The van der Waals surface area contributed by atoms with Crippen LogP contribution in [0.2, 0.25) is 0 Å². The van der Waals surface area contributed by atoms with Gasteiger partial charge in [0.15, 0.2) is 11.5 Å². The number of carbonyl (C=O) groups is 1. The molecule has 1 saturated heterocycles. The maximum atomic E-state index is 12.7. The van der Waals surface area contributed by atoms with Crippen LogP contribution in [0.3, 0.4) is 0 Å². The lowest BCUT2D eigenvalue weighted by atomic mass is 9.65. The summed E-state index contributed by atoms with van der Waals surface area (Å²) < 4.78 is 34.6. The largest absolute Gasteiger partial charge is 0.493 e. The molecule has 2 aliphatic rings. The number of methoxy groups -OCH3 is 1. The number of ether oxygens (including phenoxy) is 2. The van der Waals surface area contributed by atoms with E-state index in [4.69, 9.17) is 4.74 Å². The van der Waals surface area contributed by atoms with Crippen molar-refractivity contribution in [2.75, 3.05) is 13.7 Å². The molecule has 0 radical (unpaired) electrons. The van der Waals surface area contributed by atoms with Crippen molar-refractivity contribution in [1.29, 1.82) is 0 Å². The highest BCUT2D eigenvalue weighted by Gasteiger charge is 2.55. The molecule has 1 heterocycles. The summed E-state index contributed by atoms with van der Waals surface area (Å²) in [6.07, 6.45) is 6.44. The van der Waals surface area contributed by atoms with Gasteiger partial charge in [0.1, 0.15) is 0 Å². The Morgan fingerprint density at radius 3 is 2.59 bits per heavy atom. The smallest absolute Gasteiger partial charge is 0.387 e. The number of amides is 2. The second kappa shape index (κ2) is 7.74. The summed E-state index contributed by atoms with van der Waals surface area (Å²) in [6, 6.07) is 4.82. The number of urea groups is 1. The van der Waals surface area contributed by atoms with Gasteiger partial charge in [0.25, 0.3) is 0 Å². The Kier molecular flexibility index (Phi) is 5.58. The van der Waals surface area contributed by atoms with Crippen LogP contribution in [0.4, 0.5) is 13.6 Å².